The molecule has 0 spiro atoms. The molecule has 0 aliphatic carbocycles. The maximum Gasteiger partial charge on any atom is 0.0602 e. The maximum absolute atomic E-state index is 6.01. The zero-order chi connectivity index (χ0) is 15.1. The van der Waals surface area contributed by atoms with Crippen LogP contribution in [-0.4, -0.2) is 29.7 Å². The molecule has 21 heavy (non-hydrogen) atoms. The Balaban J connectivity index is 2.40. The number of hydrogen-bond acceptors (Lipinski definition) is 1. The summed E-state index contributed by atoms with van der Waals surface area (Å²) in [6, 6.07) is 18.5. The van der Waals surface area contributed by atoms with E-state index in [9.17, 15) is 0 Å². The van der Waals surface area contributed by atoms with E-state index in [-0.39, 0.29) is 6.04 Å². The van der Waals surface area contributed by atoms with Crippen LogP contribution in [0.1, 0.15) is 17.2 Å². The SMILES string of the molecule is ClCCN(CCCl)[C@@H](c1ccccc1)c1ccc(Cl)cc1. The van der Waals surface area contributed by atoms with Gasteiger partial charge in [-0.25, -0.2) is 0 Å². The Morgan fingerprint density at radius 2 is 1.29 bits per heavy atom. The van der Waals surface area contributed by atoms with E-state index in [1.165, 1.54) is 11.1 Å². The van der Waals surface area contributed by atoms with Gasteiger partial charge in [0.25, 0.3) is 0 Å². The molecule has 2 aromatic rings. The highest BCUT2D eigenvalue weighted by molar-refractivity contribution is 6.30. The summed E-state index contributed by atoms with van der Waals surface area (Å²) < 4.78 is 0. The molecular formula is C17H18Cl3N. The quantitative estimate of drug-likeness (QED) is 0.624. The number of halogens is 3. The van der Waals surface area contributed by atoms with Gasteiger partial charge < -0.3 is 0 Å². The van der Waals surface area contributed by atoms with Crippen molar-refractivity contribution in [1.82, 2.24) is 4.90 Å². The summed E-state index contributed by atoms with van der Waals surface area (Å²) in [7, 11) is 0. The molecule has 1 atom stereocenters. The molecule has 0 saturated carbocycles. The van der Waals surface area contributed by atoms with Gasteiger partial charge in [-0.3, -0.25) is 4.90 Å². The van der Waals surface area contributed by atoms with Crippen molar-refractivity contribution in [3.8, 4) is 0 Å². The van der Waals surface area contributed by atoms with Crippen molar-refractivity contribution in [2.24, 2.45) is 0 Å². The summed E-state index contributed by atoms with van der Waals surface area (Å²) >= 11 is 17.9. The van der Waals surface area contributed by atoms with Gasteiger partial charge in [0.15, 0.2) is 0 Å². The Hall–Kier alpha value is -0.730. The van der Waals surface area contributed by atoms with E-state index >= 15 is 0 Å². The lowest BCUT2D eigenvalue weighted by atomic mass is 9.97. The highest BCUT2D eigenvalue weighted by atomic mass is 35.5. The minimum absolute atomic E-state index is 0.140. The summed E-state index contributed by atoms with van der Waals surface area (Å²) in [4.78, 5) is 2.30. The van der Waals surface area contributed by atoms with Crippen molar-refractivity contribution in [3.05, 3.63) is 70.7 Å². The number of benzene rings is 2. The first-order valence-corrected chi connectivity index (χ1v) is 8.37. The second-order valence-corrected chi connectivity index (χ2v) is 5.97. The Morgan fingerprint density at radius 1 is 0.762 bits per heavy atom. The van der Waals surface area contributed by atoms with E-state index in [1.807, 2.05) is 18.2 Å². The van der Waals surface area contributed by atoms with Gasteiger partial charge in [0.2, 0.25) is 0 Å². The molecule has 0 saturated heterocycles. The predicted octanol–water partition coefficient (Wildman–Crippen LogP) is 5.21. The van der Waals surface area contributed by atoms with Crippen molar-refractivity contribution >= 4 is 34.8 Å². The van der Waals surface area contributed by atoms with Crippen LogP contribution < -0.4 is 0 Å². The summed E-state index contributed by atoms with van der Waals surface area (Å²) in [6.45, 7) is 1.58. The Bertz CT molecular complexity index is 521. The van der Waals surface area contributed by atoms with Gasteiger partial charge in [-0.15, -0.1) is 23.2 Å². The van der Waals surface area contributed by atoms with Crippen LogP contribution in [0.15, 0.2) is 54.6 Å². The fourth-order valence-electron chi connectivity index (χ4n) is 2.48. The van der Waals surface area contributed by atoms with Crippen LogP contribution in [0.3, 0.4) is 0 Å². The minimum atomic E-state index is 0.140. The third kappa shape index (κ3) is 4.62. The number of alkyl halides is 2. The van der Waals surface area contributed by atoms with Gasteiger partial charge in [0.05, 0.1) is 6.04 Å². The molecule has 0 fully saturated rings. The molecule has 0 aromatic heterocycles. The molecule has 0 unspecified atom stereocenters. The standard InChI is InChI=1S/C17H18Cl3N/c18-10-12-21(13-11-19)17(14-4-2-1-3-5-14)15-6-8-16(20)9-7-15/h1-9,17H,10-13H2/t17-/m0/s1. The molecule has 0 radical (unpaired) electrons. The second kappa shape index (κ2) is 8.65. The lowest BCUT2D eigenvalue weighted by Crippen LogP contribution is -2.33. The van der Waals surface area contributed by atoms with E-state index in [0.717, 1.165) is 18.1 Å². The Kier molecular flexibility index (Phi) is 6.85. The maximum atomic E-state index is 6.01. The minimum Gasteiger partial charge on any atom is -0.290 e. The molecule has 0 aliphatic heterocycles. The largest absolute Gasteiger partial charge is 0.290 e. The fraction of sp³-hybridized carbons (Fsp3) is 0.294. The molecule has 0 N–H and O–H groups in total. The van der Waals surface area contributed by atoms with Crippen LogP contribution >= 0.6 is 34.8 Å². The first-order chi connectivity index (χ1) is 10.3. The summed E-state index contributed by atoms with van der Waals surface area (Å²) in [5.74, 6) is 1.15. The molecule has 0 bridgehead atoms. The number of hydrogen-bond donors (Lipinski definition) is 0. The van der Waals surface area contributed by atoms with E-state index in [4.69, 9.17) is 34.8 Å². The van der Waals surface area contributed by atoms with Crippen molar-refractivity contribution in [2.45, 2.75) is 6.04 Å². The van der Waals surface area contributed by atoms with Crippen molar-refractivity contribution in [2.75, 3.05) is 24.8 Å². The lowest BCUT2D eigenvalue weighted by Gasteiger charge is -2.31. The topological polar surface area (TPSA) is 3.24 Å². The molecule has 0 heterocycles. The second-order valence-electron chi connectivity index (χ2n) is 4.78. The summed E-state index contributed by atoms with van der Waals surface area (Å²) in [5, 5.41) is 0.742. The molecule has 4 heteroatoms. The smallest absolute Gasteiger partial charge is 0.0602 e. The van der Waals surface area contributed by atoms with E-state index in [0.29, 0.717) is 11.8 Å². The highest BCUT2D eigenvalue weighted by Gasteiger charge is 2.21. The van der Waals surface area contributed by atoms with Crippen molar-refractivity contribution in [1.29, 1.82) is 0 Å². The van der Waals surface area contributed by atoms with E-state index < -0.39 is 0 Å². The molecular weight excluding hydrogens is 325 g/mol. The molecule has 0 amide bonds. The fourth-order valence-corrected chi connectivity index (χ4v) is 3.04. The first kappa shape index (κ1) is 16.6. The van der Waals surface area contributed by atoms with Gasteiger partial charge in [0.1, 0.15) is 0 Å². The van der Waals surface area contributed by atoms with Crippen LogP contribution in [0.2, 0.25) is 5.02 Å². The predicted molar refractivity (Wildman–Crippen MR) is 92.8 cm³/mol. The van der Waals surface area contributed by atoms with Crippen LogP contribution in [0, 0.1) is 0 Å². The third-order valence-corrected chi connectivity index (χ3v) is 4.00. The van der Waals surface area contributed by atoms with Gasteiger partial charge in [-0.05, 0) is 23.3 Å². The zero-order valence-electron chi connectivity index (χ0n) is 11.7. The van der Waals surface area contributed by atoms with Gasteiger partial charge in [0, 0.05) is 29.9 Å². The van der Waals surface area contributed by atoms with E-state index in [1.54, 1.807) is 0 Å². The average Bonchev–Trinajstić information content (AvgIpc) is 2.51. The van der Waals surface area contributed by atoms with Gasteiger partial charge in [-0.2, -0.15) is 0 Å². The molecule has 2 aromatic carbocycles. The van der Waals surface area contributed by atoms with Crippen LogP contribution in [0.25, 0.3) is 0 Å². The summed E-state index contributed by atoms with van der Waals surface area (Å²) in [6.07, 6.45) is 0. The zero-order valence-corrected chi connectivity index (χ0v) is 14.0. The van der Waals surface area contributed by atoms with Crippen molar-refractivity contribution in [3.63, 3.8) is 0 Å². The molecule has 0 aliphatic rings. The van der Waals surface area contributed by atoms with Crippen LogP contribution in [0.4, 0.5) is 0 Å². The normalized spacial score (nSPS) is 12.6. The number of nitrogens with zero attached hydrogens (tertiary/aromatic N) is 1. The summed E-state index contributed by atoms with van der Waals surface area (Å²) in [5.41, 5.74) is 2.43. The van der Waals surface area contributed by atoms with Crippen LogP contribution in [0.5, 0.6) is 0 Å². The van der Waals surface area contributed by atoms with Crippen LogP contribution in [-0.2, 0) is 0 Å². The monoisotopic (exact) mass is 341 g/mol. The molecule has 1 nitrogen and oxygen atoms in total. The Labute approximate surface area is 141 Å². The molecule has 2 rings (SSSR count). The number of rotatable bonds is 7. The van der Waals surface area contributed by atoms with Crippen molar-refractivity contribution < 1.29 is 0 Å². The van der Waals surface area contributed by atoms with E-state index in [2.05, 4.69) is 41.3 Å². The Morgan fingerprint density at radius 3 is 1.81 bits per heavy atom. The molecule has 112 valence electrons. The van der Waals surface area contributed by atoms with Gasteiger partial charge >= 0.3 is 0 Å². The van der Waals surface area contributed by atoms with Gasteiger partial charge in [-0.1, -0.05) is 54.1 Å². The first-order valence-electron chi connectivity index (χ1n) is 6.92. The highest BCUT2D eigenvalue weighted by Crippen LogP contribution is 2.29. The lowest BCUT2D eigenvalue weighted by molar-refractivity contribution is 0.254. The average molecular weight is 343 g/mol. The third-order valence-electron chi connectivity index (χ3n) is 3.41.